The highest BCUT2D eigenvalue weighted by molar-refractivity contribution is 7.99. The molecule has 0 spiro atoms. The van der Waals surface area contributed by atoms with Gasteiger partial charge in [0.15, 0.2) is 0 Å². The van der Waals surface area contributed by atoms with Crippen LogP contribution in [0, 0.1) is 13.8 Å². The maximum Gasteiger partial charge on any atom is 0.233 e. The van der Waals surface area contributed by atoms with Crippen LogP contribution in [-0.4, -0.2) is 43.3 Å². The van der Waals surface area contributed by atoms with E-state index in [0.29, 0.717) is 24.0 Å². The second-order valence-electron chi connectivity index (χ2n) is 6.40. The largest absolute Gasteiger partial charge is 0.338 e. The Morgan fingerprint density at radius 1 is 1.11 bits per heavy atom. The summed E-state index contributed by atoms with van der Waals surface area (Å²) in [6, 6.07) is 16.2. The van der Waals surface area contributed by atoms with E-state index in [9.17, 15) is 4.79 Å². The number of aryl methyl sites for hydroxylation is 2. The molecule has 1 amide bonds. The molecule has 0 radical (unpaired) electrons. The highest BCUT2D eigenvalue weighted by Gasteiger charge is 2.16. The van der Waals surface area contributed by atoms with Crippen molar-refractivity contribution >= 4 is 17.7 Å². The number of amides is 1. The van der Waals surface area contributed by atoms with Crippen LogP contribution in [0.1, 0.15) is 23.6 Å². The Kier molecular flexibility index (Phi) is 6.24. The first kappa shape index (κ1) is 19.1. The maximum atomic E-state index is 12.7. The number of rotatable bonds is 7. The van der Waals surface area contributed by atoms with Gasteiger partial charge in [-0.3, -0.25) is 4.79 Å². The topological polar surface area (TPSA) is 63.9 Å². The fourth-order valence-electron chi connectivity index (χ4n) is 2.90. The van der Waals surface area contributed by atoms with Crippen molar-refractivity contribution in [2.45, 2.75) is 32.5 Å². The van der Waals surface area contributed by atoms with E-state index >= 15 is 0 Å². The minimum Gasteiger partial charge on any atom is -0.338 e. The Hall–Kier alpha value is -2.67. The van der Waals surface area contributed by atoms with Gasteiger partial charge in [-0.05, 0) is 60.0 Å². The zero-order valence-corrected chi connectivity index (χ0v) is 16.6. The Morgan fingerprint density at radius 3 is 2.48 bits per heavy atom. The fourth-order valence-corrected chi connectivity index (χ4v) is 3.70. The summed E-state index contributed by atoms with van der Waals surface area (Å²) in [5.74, 6) is 0.368. The van der Waals surface area contributed by atoms with Crippen molar-refractivity contribution in [3.8, 4) is 5.69 Å². The van der Waals surface area contributed by atoms with Gasteiger partial charge in [-0.15, -0.1) is 5.10 Å². The van der Waals surface area contributed by atoms with Crippen molar-refractivity contribution in [2.75, 3.05) is 12.3 Å². The molecule has 3 aromatic rings. The summed E-state index contributed by atoms with van der Waals surface area (Å²) in [6.45, 7) is 7.35. The van der Waals surface area contributed by atoms with Gasteiger partial charge in [0.25, 0.3) is 0 Å². The summed E-state index contributed by atoms with van der Waals surface area (Å²) in [6.07, 6.45) is 0. The lowest BCUT2D eigenvalue weighted by Crippen LogP contribution is -2.31. The number of hydrogen-bond acceptors (Lipinski definition) is 5. The van der Waals surface area contributed by atoms with Crippen molar-refractivity contribution in [3.63, 3.8) is 0 Å². The summed E-state index contributed by atoms with van der Waals surface area (Å²) in [7, 11) is 0. The van der Waals surface area contributed by atoms with Crippen LogP contribution in [0.5, 0.6) is 0 Å². The molecular weight excluding hydrogens is 358 g/mol. The molecule has 0 unspecified atom stereocenters. The summed E-state index contributed by atoms with van der Waals surface area (Å²) in [5, 5.41) is 12.6. The van der Waals surface area contributed by atoms with Crippen LogP contribution in [0.4, 0.5) is 0 Å². The summed E-state index contributed by atoms with van der Waals surface area (Å²) >= 11 is 1.36. The molecule has 27 heavy (non-hydrogen) atoms. The van der Waals surface area contributed by atoms with E-state index in [1.807, 2.05) is 68.1 Å². The first-order valence-corrected chi connectivity index (χ1v) is 9.87. The van der Waals surface area contributed by atoms with Gasteiger partial charge in [0.1, 0.15) is 0 Å². The van der Waals surface area contributed by atoms with E-state index in [2.05, 4.69) is 21.6 Å². The molecule has 1 aromatic heterocycles. The number of hydrogen-bond donors (Lipinski definition) is 0. The first-order valence-electron chi connectivity index (χ1n) is 8.88. The van der Waals surface area contributed by atoms with Gasteiger partial charge >= 0.3 is 0 Å². The van der Waals surface area contributed by atoms with Crippen molar-refractivity contribution < 1.29 is 4.79 Å². The molecular formula is C20H23N5OS. The number of carbonyl (C=O) groups is 1. The zero-order valence-electron chi connectivity index (χ0n) is 15.8. The monoisotopic (exact) mass is 381 g/mol. The Morgan fingerprint density at radius 2 is 1.81 bits per heavy atom. The summed E-state index contributed by atoms with van der Waals surface area (Å²) in [4.78, 5) is 14.5. The minimum absolute atomic E-state index is 0.0707. The lowest BCUT2D eigenvalue weighted by Gasteiger charge is -2.20. The van der Waals surface area contributed by atoms with Crippen LogP contribution in [0.15, 0.2) is 53.7 Å². The summed E-state index contributed by atoms with van der Waals surface area (Å²) in [5.41, 5.74) is 4.32. The SMILES string of the molecule is CCN(Cc1ccccc1)C(=O)CSc1nnnn1-c1cc(C)cc(C)c1. The molecule has 3 rings (SSSR count). The van der Waals surface area contributed by atoms with Crippen LogP contribution in [0.2, 0.25) is 0 Å². The van der Waals surface area contributed by atoms with E-state index in [1.54, 1.807) is 4.68 Å². The number of tetrazole rings is 1. The standard InChI is InChI=1S/C20H23N5OS/c1-4-24(13-17-8-6-5-7-9-17)19(26)14-27-20-21-22-23-25(20)18-11-15(2)10-16(3)12-18/h5-12H,4,13-14H2,1-3H3. The number of benzene rings is 2. The highest BCUT2D eigenvalue weighted by atomic mass is 32.2. The fraction of sp³-hybridized carbons (Fsp3) is 0.300. The first-order chi connectivity index (χ1) is 13.1. The zero-order chi connectivity index (χ0) is 19.2. The van der Waals surface area contributed by atoms with Gasteiger partial charge in [0, 0.05) is 13.1 Å². The Balaban J connectivity index is 1.68. The average Bonchev–Trinajstić information content (AvgIpc) is 3.13. The molecule has 0 bridgehead atoms. The molecule has 0 atom stereocenters. The van der Waals surface area contributed by atoms with Crippen LogP contribution in [0.25, 0.3) is 5.69 Å². The second-order valence-corrected chi connectivity index (χ2v) is 7.34. The average molecular weight is 382 g/mol. The second kappa shape index (κ2) is 8.81. The number of carbonyl (C=O) groups excluding carboxylic acids is 1. The molecule has 2 aromatic carbocycles. The van der Waals surface area contributed by atoms with Gasteiger partial charge in [0.2, 0.25) is 11.1 Å². The van der Waals surface area contributed by atoms with E-state index in [1.165, 1.54) is 11.8 Å². The van der Waals surface area contributed by atoms with Crippen molar-refractivity contribution in [1.82, 2.24) is 25.1 Å². The molecule has 0 aliphatic carbocycles. The number of thioether (sulfide) groups is 1. The van der Waals surface area contributed by atoms with Gasteiger partial charge in [-0.1, -0.05) is 48.2 Å². The lowest BCUT2D eigenvalue weighted by atomic mass is 10.1. The van der Waals surface area contributed by atoms with Gasteiger partial charge in [0.05, 0.1) is 11.4 Å². The number of aromatic nitrogens is 4. The van der Waals surface area contributed by atoms with Gasteiger partial charge in [-0.2, -0.15) is 4.68 Å². The number of nitrogens with zero attached hydrogens (tertiary/aromatic N) is 5. The van der Waals surface area contributed by atoms with Crippen molar-refractivity contribution in [1.29, 1.82) is 0 Å². The maximum absolute atomic E-state index is 12.7. The molecule has 0 aliphatic heterocycles. The Labute approximate surface area is 163 Å². The molecule has 1 heterocycles. The van der Waals surface area contributed by atoms with Gasteiger partial charge in [-0.25, -0.2) is 0 Å². The van der Waals surface area contributed by atoms with Crippen LogP contribution in [0.3, 0.4) is 0 Å². The predicted molar refractivity (Wildman–Crippen MR) is 107 cm³/mol. The van der Waals surface area contributed by atoms with Crippen LogP contribution in [-0.2, 0) is 11.3 Å². The molecule has 6 nitrogen and oxygen atoms in total. The third-order valence-electron chi connectivity index (χ3n) is 4.17. The van der Waals surface area contributed by atoms with Crippen LogP contribution < -0.4 is 0 Å². The van der Waals surface area contributed by atoms with E-state index in [0.717, 1.165) is 22.4 Å². The van der Waals surface area contributed by atoms with E-state index in [4.69, 9.17) is 0 Å². The molecule has 0 aliphatic rings. The van der Waals surface area contributed by atoms with Crippen LogP contribution >= 0.6 is 11.8 Å². The third-order valence-corrected chi connectivity index (χ3v) is 5.07. The molecule has 140 valence electrons. The summed E-state index contributed by atoms with van der Waals surface area (Å²) < 4.78 is 1.69. The molecule has 0 saturated heterocycles. The van der Waals surface area contributed by atoms with Gasteiger partial charge < -0.3 is 4.90 Å². The highest BCUT2D eigenvalue weighted by Crippen LogP contribution is 2.20. The normalized spacial score (nSPS) is 10.8. The van der Waals surface area contributed by atoms with Crippen molar-refractivity contribution in [3.05, 3.63) is 65.2 Å². The van der Waals surface area contributed by atoms with E-state index in [-0.39, 0.29) is 5.91 Å². The smallest absolute Gasteiger partial charge is 0.233 e. The quantitative estimate of drug-likeness (QED) is 0.587. The predicted octanol–water partition coefficient (Wildman–Crippen LogP) is 3.42. The molecule has 0 fully saturated rings. The molecule has 0 saturated carbocycles. The Bertz CT molecular complexity index is 889. The third kappa shape index (κ3) is 4.95. The van der Waals surface area contributed by atoms with E-state index < -0.39 is 0 Å². The lowest BCUT2D eigenvalue weighted by molar-refractivity contribution is -0.128. The van der Waals surface area contributed by atoms with Crippen molar-refractivity contribution in [2.24, 2.45) is 0 Å². The minimum atomic E-state index is 0.0707. The molecule has 7 heteroatoms. The molecule has 0 N–H and O–H groups in total.